The molecule has 1 heterocycles. The first-order valence-electron chi connectivity index (χ1n) is 4.18. The Kier molecular flexibility index (Phi) is 2.29. The lowest BCUT2D eigenvalue weighted by molar-refractivity contribution is 0.259. The molecule has 0 aliphatic heterocycles. The molecule has 2 N–H and O–H groups in total. The van der Waals surface area contributed by atoms with Crippen molar-refractivity contribution < 1.29 is 9.52 Å². The molecule has 3 heteroatoms. The van der Waals surface area contributed by atoms with Gasteiger partial charge in [-0.1, -0.05) is 18.2 Å². The molecule has 0 saturated carbocycles. The molecule has 3 nitrogen and oxygen atoms in total. The van der Waals surface area contributed by atoms with Gasteiger partial charge in [0.25, 0.3) is 0 Å². The molecule has 0 spiro atoms. The van der Waals surface area contributed by atoms with Crippen LogP contribution in [0.5, 0.6) is 0 Å². The highest BCUT2D eigenvalue weighted by molar-refractivity contribution is 5.80. The quantitative estimate of drug-likeness (QED) is 0.698. The number of hydrogen-bond donors (Lipinski definition) is 2. The maximum Gasteiger partial charge on any atom is 0.134 e. The van der Waals surface area contributed by atoms with Crippen molar-refractivity contribution in [3.05, 3.63) is 36.1 Å². The van der Waals surface area contributed by atoms with Gasteiger partial charge in [0.1, 0.15) is 5.58 Å². The first-order valence-corrected chi connectivity index (χ1v) is 4.18. The molecule has 0 amide bonds. The Balaban J connectivity index is 2.35. The van der Waals surface area contributed by atoms with E-state index in [2.05, 4.69) is 5.32 Å². The third-order valence-corrected chi connectivity index (χ3v) is 1.99. The summed E-state index contributed by atoms with van der Waals surface area (Å²) in [6.07, 6.45) is 1.72. The normalized spacial score (nSPS) is 10.8. The molecule has 0 aliphatic carbocycles. The van der Waals surface area contributed by atoms with Crippen molar-refractivity contribution in [2.24, 2.45) is 0 Å². The molecule has 0 radical (unpaired) electrons. The van der Waals surface area contributed by atoms with Gasteiger partial charge in [-0.2, -0.15) is 0 Å². The van der Waals surface area contributed by atoms with E-state index in [1.165, 1.54) is 0 Å². The summed E-state index contributed by atoms with van der Waals surface area (Å²) in [5.41, 5.74) is 1.96. The van der Waals surface area contributed by atoms with Crippen molar-refractivity contribution in [1.29, 1.82) is 0 Å². The van der Waals surface area contributed by atoms with Crippen molar-refractivity contribution in [3.8, 4) is 0 Å². The SMILES string of the molecule is OCNCc1coc2ccccc12. The van der Waals surface area contributed by atoms with Crippen LogP contribution >= 0.6 is 0 Å². The number of nitrogens with one attached hydrogen (secondary N) is 1. The van der Waals surface area contributed by atoms with Crippen LogP contribution in [0.15, 0.2) is 34.9 Å². The molecule has 2 rings (SSSR count). The van der Waals surface area contributed by atoms with E-state index >= 15 is 0 Å². The molecule has 13 heavy (non-hydrogen) atoms. The number of fused-ring (bicyclic) bond motifs is 1. The summed E-state index contributed by atoms with van der Waals surface area (Å²) in [5, 5.41) is 12.5. The summed E-state index contributed by atoms with van der Waals surface area (Å²) in [4.78, 5) is 0. The lowest BCUT2D eigenvalue weighted by Crippen LogP contribution is -2.13. The highest BCUT2D eigenvalue weighted by Crippen LogP contribution is 2.19. The molecule has 1 aromatic carbocycles. The molecular formula is C10H11NO2. The van der Waals surface area contributed by atoms with Gasteiger partial charge in [0, 0.05) is 17.5 Å². The number of rotatable bonds is 3. The second kappa shape index (κ2) is 3.60. The largest absolute Gasteiger partial charge is 0.464 e. The van der Waals surface area contributed by atoms with Gasteiger partial charge in [0.15, 0.2) is 0 Å². The summed E-state index contributed by atoms with van der Waals surface area (Å²) in [6, 6.07) is 7.85. The Bertz CT molecular complexity index is 394. The first-order chi connectivity index (χ1) is 6.42. The van der Waals surface area contributed by atoms with Crippen molar-refractivity contribution >= 4 is 11.0 Å². The summed E-state index contributed by atoms with van der Waals surface area (Å²) >= 11 is 0. The predicted molar refractivity (Wildman–Crippen MR) is 50.1 cm³/mol. The third kappa shape index (κ3) is 1.56. The smallest absolute Gasteiger partial charge is 0.134 e. The Hall–Kier alpha value is -1.32. The van der Waals surface area contributed by atoms with Gasteiger partial charge in [-0.15, -0.1) is 0 Å². The van der Waals surface area contributed by atoms with Crippen LogP contribution in [0.2, 0.25) is 0 Å². The fraction of sp³-hybridized carbons (Fsp3) is 0.200. The highest BCUT2D eigenvalue weighted by atomic mass is 16.3. The van der Waals surface area contributed by atoms with Crippen LogP contribution in [-0.4, -0.2) is 11.8 Å². The second-order valence-corrected chi connectivity index (χ2v) is 2.84. The van der Waals surface area contributed by atoms with Crippen molar-refractivity contribution in [1.82, 2.24) is 5.32 Å². The molecule has 0 bridgehead atoms. The van der Waals surface area contributed by atoms with Crippen LogP contribution in [0.4, 0.5) is 0 Å². The third-order valence-electron chi connectivity index (χ3n) is 1.99. The van der Waals surface area contributed by atoms with E-state index in [4.69, 9.17) is 9.52 Å². The Morgan fingerprint density at radius 3 is 3.00 bits per heavy atom. The number of aliphatic hydroxyl groups excluding tert-OH is 1. The number of hydrogen-bond acceptors (Lipinski definition) is 3. The van der Waals surface area contributed by atoms with Gasteiger partial charge < -0.3 is 9.52 Å². The number of aliphatic hydroxyl groups is 1. The zero-order valence-electron chi connectivity index (χ0n) is 7.16. The monoisotopic (exact) mass is 177 g/mol. The standard InChI is InChI=1S/C10H11NO2/c12-7-11-5-8-6-13-10-4-2-1-3-9(8)10/h1-4,6,11-12H,5,7H2. The van der Waals surface area contributed by atoms with Crippen LogP contribution in [0.1, 0.15) is 5.56 Å². The minimum Gasteiger partial charge on any atom is -0.464 e. The average molecular weight is 177 g/mol. The molecule has 1 aromatic heterocycles. The van der Waals surface area contributed by atoms with Crippen molar-refractivity contribution in [3.63, 3.8) is 0 Å². The Labute approximate surface area is 76.0 Å². The summed E-state index contributed by atoms with van der Waals surface area (Å²) < 4.78 is 5.32. The topological polar surface area (TPSA) is 45.4 Å². The minimum atomic E-state index is -0.0144. The lowest BCUT2D eigenvalue weighted by Gasteiger charge is -1.96. The zero-order chi connectivity index (χ0) is 9.10. The summed E-state index contributed by atoms with van der Waals surface area (Å²) in [7, 11) is 0. The Morgan fingerprint density at radius 1 is 1.31 bits per heavy atom. The number of benzene rings is 1. The van der Waals surface area contributed by atoms with Crippen molar-refractivity contribution in [2.75, 3.05) is 6.73 Å². The van der Waals surface area contributed by atoms with Crippen LogP contribution < -0.4 is 5.32 Å². The molecule has 68 valence electrons. The van der Waals surface area contributed by atoms with Crippen LogP contribution in [0.25, 0.3) is 11.0 Å². The molecule has 0 saturated heterocycles. The molecule has 0 fully saturated rings. The summed E-state index contributed by atoms with van der Waals surface area (Å²) in [6.45, 7) is 0.618. The summed E-state index contributed by atoms with van der Waals surface area (Å²) in [5.74, 6) is 0. The van der Waals surface area contributed by atoms with E-state index in [1.807, 2.05) is 24.3 Å². The van der Waals surface area contributed by atoms with Gasteiger partial charge in [-0.05, 0) is 6.07 Å². The van der Waals surface area contributed by atoms with E-state index in [0.717, 1.165) is 16.5 Å². The van der Waals surface area contributed by atoms with Gasteiger partial charge >= 0.3 is 0 Å². The Morgan fingerprint density at radius 2 is 2.15 bits per heavy atom. The van der Waals surface area contributed by atoms with Crippen LogP contribution in [-0.2, 0) is 6.54 Å². The fourth-order valence-corrected chi connectivity index (χ4v) is 1.36. The van der Waals surface area contributed by atoms with E-state index in [1.54, 1.807) is 6.26 Å². The lowest BCUT2D eigenvalue weighted by atomic mass is 10.2. The van der Waals surface area contributed by atoms with Gasteiger partial charge in [0.2, 0.25) is 0 Å². The van der Waals surface area contributed by atoms with Crippen LogP contribution in [0.3, 0.4) is 0 Å². The van der Waals surface area contributed by atoms with Gasteiger partial charge in [0.05, 0.1) is 13.0 Å². The van der Waals surface area contributed by atoms with Gasteiger partial charge in [-0.25, -0.2) is 0 Å². The molecule has 0 atom stereocenters. The molecule has 0 unspecified atom stereocenters. The van der Waals surface area contributed by atoms with E-state index < -0.39 is 0 Å². The second-order valence-electron chi connectivity index (χ2n) is 2.84. The van der Waals surface area contributed by atoms with E-state index in [0.29, 0.717) is 6.54 Å². The van der Waals surface area contributed by atoms with E-state index in [9.17, 15) is 0 Å². The first kappa shape index (κ1) is 8.29. The molecular weight excluding hydrogens is 166 g/mol. The number of furan rings is 1. The molecule has 0 aliphatic rings. The molecule has 2 aromatic rings. The zero-order valence-corrected chi connectivity index (χ0v) is 7.16. The number of para-hydroxylation sites is 1. The minimum absolute atomic E-state index is 0.0144. The average Bonchev–Trinajstić information content (AvgIpc) is 2.58. The maximum atomic E-state index is 8.60. The van der Waals surface area contributed by atoms with Crippen molar-refractivity contribution in [2.45, 2.75) is 6.54 Å². The van der Waals surface area contributed by atoms with E-state index in [-0.39, 0.29) is 6.73 Å². The van der Waals surface area contributed by atoms with Crippen LogP contribution in [0, 0.1) is 0 Å². The highest BCUT2D eigenvalue weighted by Gasteiger charge is 2.02. The fourth-order valence-electron chi connectivity index (χ4n) is 1.36. The predicted octanol–water partition coefficient (Wildman–Crippen LogP) is 1.47. The maximum absolute atomic E-state index is 8.60. The van der Waals surface area contributed by atoms with Gasteiger partial charge in [-0.3, -0.25) is 5.32 Å².